The Morgan fingerprint density at radius 2 is 1.82 bits per heavy atom. The first-order valence-corrected chi connectivity index (χ1v) is 13.6. The molecule has 3 aliphatic rings. The number of fused-ring (bicyclic) bond motifs is 1. The highest BCUT2D eigenvalue weighted by Gasteiger charge is 2.33. The van der Waals surface area contributed by atoms with Crippen molar-refractivity contribution >= 4 is 27.5 Å². The number of anilines is 1. The Morgan fingerprint density at radius 3 is 2.55 bits per heavy atom. The van der Waals surface area contributed by atoms with Crippen molar-refractivity contribution in [3.8, 4) is 5.75 Å². The molecular formula is C24H35N3O5S. The van der Waals surface area contributed by atoms with Crippen molar-refractivity contribution in [3.05, 3.63) is 18.2 Å². The molecule has 0 aromatic heterocycles. The van der Waals surface area contributed by atoms with Gasteiger partial charge in [-0.3, -0.25) is 14.5 Å². The van der Waals surface area contributed by atoms with Gasteiger partial charge in [-0.05, 0) is 49.3 Å². The van der Waals surface area contributed by atoms with Crippen LogP contribution in [0.3, 0.4) is 0 Å². The zero-order valence-electron chi connectivity index (χ0n) is 19.6. The van der Waals surface area contributed by atoms with Gasteiger partial charge in [0.25, 0.3) is 5.91 Å². The van der Waals surface area contributed by atoms with Crippen molar-refractivity contribution in [2.75, 3.05) is 31.1 Å². The molecule has 33 heavy (non-hydrogen) atoms. The fourth-order valence-electron chi connectivity index (χ4n) is 5.13. The number of benzene rings is 1. The summed E-state index contributed by atoms with van der Waals surface area (Å²) in [7, 11) is -3.69. The molecule has 9 heteroatoms. The van der Waals surface area contributed by atoms with Crippen molar-refractivity contribution in [1.82, 2.24) is 9.62 Å². The molecule has 0 unspecified atom stereocenters. The van der Waals surface area contributed by atoms with Crippen LogP contribution in [0.2, 0.25) is 0 Å². The minimum atomic E-state index is -3.69. The van der Waals surface area contributed by atoms with Crippen molar-refractivity contribution in [1.29, 1.82) is 0 Å². The highest BCUT2D eigenvalue weighted by molar-refractivity contribution is 7.89. The Hall–Kier alpha value is -2.13. The molecule has 0 spiro atoms. The van der Waals surface area contributed by atoms with Gasteiger partial charge in [-0.15, -0.1) is 0 Å². The molecule has 8 nitrogen and oxygen atoms in total. The number of amides is 2. The van der Waals surface area contributed by atoms with Gasteiger partial charge in [-0.2, -0.15) is 4.31 Å². The Balaban J connectivity index is 1.54. The molecule has 0 bridgehead atoms. The van der Waals surface area contributed by atoms with Crippen LogP contribution < -0.4 is 15.0 Å². The number of sulfonamides is 1. The summed E-state index contributed by atoms with van der Waals surface area (Å²) in [6.45, 7) is 5.04. The van der Waals surface area contributed by atoms with Crippen LogP contribution in [0.1, 0.15) is 58.8 Å². The second-order valence-electron chi connectivity index (χ2n) is 9.66. The minimum Gasteiger partial charge on any atom is -0.482 e. The van der Waals surface area contributed by atoms with Gasteiger partial charge in [-0.1, -0.05) is 39.5 Å². The van der Waals surface area contributed by atoms with Gasteiger partial charge in [-0.25, -0.2) is 8.42 Å². The van der Waals surface area contributed by atoms with Crippen LogP contribution in [-0.4, -0.2) is 56.8 Å². The number of rotatable bonds is 5. The average molecular weight is 478 g/mol. The normalized spacial score (nSPS) is 26.8. The topological polar surface area (TPSA) is 96.0 Å². The Bertz CT molecular complexity index is 988. The van der Waals surface area contributed by atoms with Crippen molar-refractivity contribution in [3.63, 3.8) is 0 Å². The van der Waals surface area contributed by atoms with E-state index in [2.05, 4.69) is 19.2 Å². The molecule has 182 valence electrons. The number of carbonyl (C=O) groups excluding carboxylic acids is 2. The first kappa shape index (κ1) is 24.0. The van der Waals surface area contributed by atoms with E-state index in [0.29, 0.717) is 36.4 Å². The summed E-state index contributed by atoms with van der Waals surface area (Å²) >= 11 is 0. The first-order chi connectivity index (χ1) is 15.8. The maximum Gasteiger partial charge on any atom is 0.265 e. The lowest BCUT2D eigenvalue weighted by atomic mass is 9.78. The third-order valence-corrected chi connectivity index (χ3v) is 9.33. The van der Waals surface area contributed by atoms with E-state index < -0.39 is 10.0 Å². The first-order valence-electron chi connectivity index (χ1n) is 12.1. The molecule has 2 fully saturated rings. The molecule has 2 aliphatic heterocycles. The summed E-state index contributed by atoms with van der Waals surface area (Å²) in [4.78, 5) is 27.0. The van der Waals surface area contributed by atoms with Crippen molar-refractivity contribution < 1.29 is 22.7 Å². The molecule has 2 heterocycles. The van der Waals surface area contributed by atoms with E-state index >= 15 is 0 Å². The lowest BCUT2D eigenvalue weighted by molar-refractivity contribution is -0.126. The Kier molecular flexibility index (Phi) is 7.28. The lowest BCUT2D eigenvalue weighted by Gasteiger charge is -2.35. The molecule has 1 aromatic carbocycles. The summed E-state index contributed by atoms with van der Waals surface area (Å²) in [5.41, 5.74) is 0.336. The fraction of sp³-hybridized carbons (Fsp3) is 0.667. The van der Waals surface area contributed by atoms with E-state index in [1.165, 1.54) is 21.3 Å². The van der Waals surface area contributed by atoms with Gasteiger partial charge < -0.3 is 10.1 Å². The van der Waals surface area contributed by atoms with E-state index in [1.807, 2.05) is 0 Å². The summed E-state index contributed by atoms with van der Waals surface area (Å²) < 4.78 is 33.6. The van der Waals surface area contributed by atoms with Crippen LogP contribution in [0.5, 0.6) is 5.75 Å². The third-order valence-electron chi connectivity index (χ3n) is 7.43. The zero-order chi connectivity index (χ0) is 23.6. The van der Waals surface area contributed by atoms with Gasteiger partial charge >= 0.3 is 0 Å². The highest BCUT2D eigenvalue weighted by Crippen LogP contribution is 2.35. The predicted octanol–water partition coefficient (Wildman–Crippen LogP) is 2.92. The number of nitrogens with zero attached hydrogens (tertiary/aromatic N) is 2. The number of carbonyl (C=O) groups is 2. The molecule has 1 aromatic rings. The standard InChI is InChI=1S/C24H35N3O5S/c1-17-8-7-9-20(18(17)2)25-23(28)15-27-21-14-19(10-11-22(21)32-16-24(27)29)33(30,31)26-12-5-3-4-6-13-26/h10-11,14,17-18,20H,3-9,12-13,15-16H2,1-2H3,(H,25,28)/t17-,18+,20-/m1/s1. The van der Waals surface area contributed by atoms with Crippen LogP contribution in [0, 0.1) is 11.8 Å². The van der Waals surface area contributed by atoms with Gasteiger partial charge in [0.05, 0.1) is 10.6 Å². The summed E-state index contributed by atoms with van der Waals surface area (Å²) in [5.74, 6) is 0.745. The van der Waals surface area contributed by atoms with Crippen molar-refractivity contribution in [2.24, 2.45) is 11.8 Å². The fourth-order valence-corrected chi connectivity index (χ4v) is 6.67. The second kappa shape index (κ2) is 10.0. The SMILES string of the molecule is C[C@H]1[C@H](C)CCC[C@H]1NC(=O)CN1C(=O)COc2ccc(S(=O)(=O)N3CCCCCC3)cc21. The van der Waals surface area contributed by atoms with Crippen LogP contribution in [-0.2, 0) is 19.6 Å². The molecule has 1 saturated carbocycles. The van der Waals surface area contributed by atoms with Crippen LogP contribution in [0.4, 0.5) is 5.69 Å². The summed E-state index contributed by atoms with van der Waals surface area (Å²) in [6.07, 6.45) is 6.92. The maximum atomic E-state index is 13.3. The maximum absolute atomic E-state index is 13.3. The second-order valence-corrected chi connectivity index (χ2v) is 11.6. The molecule has 4 rings (SSSR count). The van der Waals surface area contributed by atoms with E-state index in [4.69, 9.17) is 4.74 Å². The number of nitrogens with one attached hydrogen (secondary N) is 1. The van der Waals surface area contributed by atoms with Crippen LogP contribution >= 0.6 is 0 Å². The van der Waals surface area contributed by atoms with Gasteiger partial charge in [0, 0.05) is 19.1 Å². The average Bonchev–Trinajstić information content (AvgIpc) is 3.09. The quantitative estimate of drug-likeness (QED) is 0.704. The van der Waals surface area contributed by atoms with Gasteiger partial charge in [0.15, 0.2) is 6.61 Å². The number of hydrogen-bond donors (Lipinski definition) is 1. The highest BCUT2D eigenvalue weighted by atomic mass is 32.2. The molecule has 3 atom stereocenters. The Labute approximate surface area is 196 Å². The summed E-state index contributed by atoms with van der Waals surface area (Å²) in [5, 5.41) is 3.10. The van der Waals surface area contributed by atoms with E-state index in [0.717, 1.165) is 44.9 Å². The van der Waals surface area contributed by atoms with E-state index in [1.54, 1.807) is 6.07 Å². The van der Waals surface area contributed by atoms with E-state index in [-0.39, 0.29) is 35.9 Å². The molecule has 1 saturated heterocycles. The number of ether oxygens (including phenoxy) is 1. The molecular weight excluding hydrogens is 442 g/mol. The van der Waals surface area contributed by atoms with Gasteiger partial charge in [0.1, 0.15) is 12.3 Å². The lowest BCUT2D eigenvalue weighted by Crippen LogP contribution is -2.50. The third kappa shape index (κ3) is 5.19. The molecule has 2 amide bonds. The smallest absolute Gasteiger partial charge is 0.265 e. The zero-order valence-corrected chi connectivity index (χ0v) is 20.4. The molecule has 0 radical (unpaired) electrons. The monoisotopic (exact) mass is 477 g/mol. The molecule has 1 aliphatic carbocycles. The Morgan fingerprint density at radius 1 is 1.09 bits per heavy atom. The van der Waals surface area contributed by atoms with E-state index in [9.17, 15) is 18.0 Å². The predicted molar refractivity (Wildman–Crippen MR) is 126 cm³/mol. The summed E-state index contributed by atoms with van der Waals surface area (Å²) in [6, 6.07) is 4.68. The number of hydrogen-bond acceptors (Lipinski definition) is 5. The minimum absolute atomic E-state index is 0.0895. The van der Waals surface area contributed by atoms with Crippen LogP contribution in [0.15, 0.2) is 23.1 Å². The molecule has 1 N–H and O–H groups in total. The van der Waals surface area contributed by atoms with Crippen LogP contribution in [0.25, 0.3) is 0 Å². The largest absolute Gasteiger partial charge is 0.482 e. The van der Waals surface area contributed by atoms with Crippen molar-refractivity contribution in [2.45, 2.75) is 69.7 Å². The van der Waals surface area contributed by atoms with Gasteiger partial charge in [0.2, 0.25) is 15.9 Å².